The molecule has 0 aliphatic carbocycles. The van der Waals surface area contributed by atoms with Crippen LogP contribution in [0.2, 0.25) is 0 Å². The van der Waals surface area contributed by atoms with Crippen LogP contribution in [0.25, 0.3) is 0 Å². The number of carbonyl (C=O) groups excluding carboxylic acids is 1. The molecule has 1 amide bonds. The summed E-state index contributed by atoms with van der Waals surface area (Å²) in [6.07, 6.45) is 1.46. The zero-order valence-electron chi connectivity index (χ0n) is 13.3. The number of amides is 1. The molecule has 0 spiro atoms. The summed E-state index contributed by atoms with van der Waals surface area (Å²) in [7, 11) is 0. The Morgan fingerprint density at radius 2 is 1.77 bits per heavy atom. The van der Waals surface area contributed by atoms with E-state index in [1.54, 1.807) is 30.3 Å². The number of anilines is 3. The zero-order valence-corrected chi connectivity index (χ0v) is 13.3. The van der Waals surface area contributed by atoms with E-state index in [1.165, 1.54) is 18.3 Å². The first-order valence-corrected chi connectivity index (χ1v) is 7.55. The molecule has 0 bridgehead atoms. The number of nitrogens with one attached hydrogen (secondary N) is 2. The minimum absolute atomic E-state index is 0.117. The van der Waals surface area contributed by atoms with Crippen LogP contribution in [0.3, 0.4) is 0 Å². The Balaban J connectivity index is 1.69. The fourth-order valence-corrected chi connectivity index (χ4v) is 2.20. The molecule has 3 aromatic rings. The van der Waals surface area contributed by atoms with Crippen molar-refractivity contribution in [3.05, 3.63) is 83.7 Å². The molecule has 0 aliphatic rings. The second-order valence-corrected chi connectivity index (χ2v) is 5.33. The maximum Gasteiger partial charge on any atom is 0.274 e. The summed E-state index contributed by atoms with van der Waals surface area (Å²) in [4.78, 5) is 16.2. The van der Waals surface area contributed by atoms with Gasteiger partial charge in [0.25, 0.3) is 5.91 Å². The Kier molecular flexibility index (Phi) is 4.85. The maximum atomic E-state index is 13.2. The molecule has 1 heterocycles. The second-order valence-electron chi connectivity index (χ2n) is 5.33. The SMILES string of the molecule is N#Cc1cccc(Nc2ccc(C(=O)Nc3ccc(F)c(F)c3)nc2)c1. The van der Waals surface area contributed by atoms with Gasteiger partial charge in [0.05, 0.1) is 23.5 Å². The van der Waals surface area contributed by atoms with Gasteiger partial charge in [-0.25, -0.2) is 13.8 Å². The normalized spacial score (nSPS) is 10.0. The summed E-state index contributed by atoms with van der Waals surface area (Å²) in [5.74, 6) is -2.58. The fraction of sp³-hybridized carbons (Fsp3) is 0. The van der Waals surface area contributed by atoms with Crippen molar-refractivity contribution >= 4 is 23.0 Å². The summed E-state index contributed by atoms with van der Waals surface area (Å²) < 4.78 is 26.1. The van der Waals surface area contributed by atoms with Crippen molar-refractivity contribution in [2.24, 2.45) is 0 Å². The van der Waals surface area contributed by atoms with Crippen LogP contribution < -0.4 is 10.6 Å². The van der Waals surface area contributed by atoms with Gasteiger partial charge in [0.1, 0.15) is 5.69 Å². The Labute approximate surface area is 147 Å². The third-order valence-electron chi connectivity index (χ3n) is 3.45. The monoisotopic (exact) mass is 350 g/mol. The molecule has 7 heteroatoms. The lowest BCUT2D eigenvalue weighted by molar-refractivity contribution is 0.102. The maximum absolute atomic E-state index is 13.2. The van der Waals surface area contributed by atoms with Gasteiger partial charge in [-0.1, -0.05) is 6.07 Å². The van der Waals surface area contributed by atoms with E-state index in [0.717, 1.165) is 12.1 Å². The van der Waals surface area contributed by atoms with Gasteiger partial charge in [-0.3, -0.25) is 4.79 Å². The largest absolute Gasteiger partial charge is 0.354 e. The topological polar surface area (TPSA) is 77.8 Å². The van der Waals surface area contributed by atoms with Crippen molar-refractivity contribution in [1.29, 1.82) is 5.26 Å². The number of nitrogens with zero attached hydrogens (tertiary/aromatic N) is 2. The number of hydrogen-bond donors (Lipinski definition) is 2. The van der Waals surface area contributed by atoms with Gasteiger partial charge in [-0.05, 0) is 42.5 Å². The molecule has 0 radical (unpaired) electrons. The first kappa shape index (κ1) is 17.0. The fourth-order valence-electron chi connectivity index (χ4n) is 2.20. The average molecular weight is 350 g/mol. The van der Waals surface area contributed by atoms with Crippen LogP contribution in [0.15, 0.2) is 60.8 Å². The van der Waals surface area contributed by atoms with Gasteiger partial charge in [0.2, 0.25) is 0 Å². The number of nitriles is 1. The Hall–Kier alpha value is -3.79. The molecule has 0 saturated heterocycles. The highest BCUT2D eigenvalue weighted by Gasteiger charge is 2.10. The lowest BCUT2D eigenvalue weighted by Crippen LogP contribution is -2.13. The third kappa shape index (κ3) is 3.99. The number of hydrogen-bond acceptors (Lipinski definition) is 4. The number of pyridine rings is 1. The van der Waals surface area contributed by atoms with Crippen molar-refractivity contribution in [2.45, 2.75) is 0 Å². The molecule has 0 atom stereocenters. The summed E-state index contributed by atoms with van der Waals surface area (Å²) >= 11 is 0. The third-order valence-corrected chi connectivity index (χ3v) is 3.45. The van der Waals surface area contributed by atoms with Crippen molar-refractivity contribution < 1.29 is 13.6 Å². The molecule has 2 N–H and O–H groups in total. The van der Waals surface area contributed by atoms with Crippen LogP contribution >= 0.6 is 0 Å². The highest BCUT2D eigenvalue weighted by Crippen LogP contribution is 2.18. The Morgan fingerprint density at radius 3 is 2.46 bits per heavy atom. The van der Waals surface area contributed by atoms with Crippen molar-refractivity contribution in [3.63, 3.8) is 0 Å². The minimum atomic E-state index is -1.05. The first-order chi connectivity index (χ1) is 12.5. The Bertz CT molecular complexity index is 997. The number of aromatic nitrogens is 1. The van der Waals surface area contributed by atoms with Gasteiger partial charge in [0.15, 0.2) is 11.6 Å². The predicted octanol–water partition coefficient (Wildman–Crippen LogP) is 4.23. The van der Waals surface area contributed by atoms with E-state index in [2.05, 4.69) is 15.6 Å². The Morgan fingerprint density at radius 1 is 0.962 bits per heavy atom. The predicted molar refractivity (Wildman–Crippen MR) is 93.0 cm³/mol. The molecule has 128 valence electrons. The highest BCUT2D eigenvalue weighted by atomic mass is 19.2. The smallest absolute Gasteiger partial charge is 0.274 e. The van der Waals surface area contributed by atoms with Crippen LogP contribution in [0.4, 0.5) is 25.8 Å². The standard InChI is InChI=1S/C19H12F2N4O/c20-16-6-4-14(9-17(16)21)25-19(26)18-7-5-15(11-23-18)24-13-3-1-2-12(8-13)10-22/h1-9,11,24H,(H,25,26). The molecular formula is C19H12F2N4O. The van der Waals surface area contributed by atoms with E-state index in [4.69, 9.17) is 5.26 Å². The number of carbonyl (C=O) groups is 1. The van der Waals surface area contributed by atoms with Crippen LogP contribution in [-0.4, -0.2) is 10.9 Å². The summed E-state index contributed by atoms with van der Waals surface area (Å²) in [6.45, 7) is 0. The molecule has 0 unspecified atom stereocenters. The highest BCUT2D eigenvalue weighted by molar-refractivity contribution is 6.02. The van der Waals surface area contributed by atoms with Crippen LogP contribution in [0.1, 0.15) is 16.1 Å². The summed E-state index contributed by atoms with van der Waals surface area (Å²) in [5.41, 5.74) is 2.11. The molecule has 5 nitrogen and oxygen atoms in total. The van der Waals surface area contributed by atoms with Crippen LogP contribution in [0.5, 0.6) is 0 Å². The zero-order chi connectivity index (χ0) is 18.5. The number of benzene rings is 2. The molecule has 0 fully saturated rings. The lowest BCUT2D eigenvalue weighted by Gasteiger charge is -2.08. The summed E-state index contributed by atoms with van der Waals surface area (Å²) in [5, 5.41) is 14.4. The van der Waals surface area contributed by atoms with Crippen LogP contribution in [0, 0.1) is 23.0 Å². The van der Waals surface area contributed by atoms with Gasteiger partial charge in [-0.15, -0.1) is 0 Å². The lowest BCUT2D eigenvalue weighted by atomic mass is 10.2. The van der Waals surface area contributed by atoms with Gasteiger partial charge in [0, 0.05) is 17.4 Å². The molecule has 3 rings (SSSR count). The van der Waals surface area contributed by atoms with Gasteiger partial charge in [-0.2, -0.15) is 5.26 Å². The van der Waals surface area contributed by atoms with Crippen molar-refractivity contribution in [2.75, 3.05) is 10.6 Å². The average Bonchev–Trinajstić information content (AvgIpc) is 2.65. The van der Waals surface area contributed by atoms with E-state index in [-0.39, 0.29) is 11.4 Å². The van der Waals surface area contributed by atoms with E-state index in [0.29, 0.717) is 16.9 Å². The molecule has 0 saturated carbocycles. The number of halogens is 2. The van der Waals surface area contributed by atoms with Crippen molar-refractivity contribution in [1.82, 2.24) is 4.98 Å². The van der Waals surface area contributed by atoms with Crippen molar-refractivity contribution in [3.8, 4) is 6.07 Å². The van der Waals surface area contributed by atoms with E-state index < -0.39 is 17.5 Å². The van der Waals surface area contributed by atoms with Crippen LogP contribution in [-0.2, 0) is 0 Å². The van der Waals surface area contributed by atoms with E-state index >= 15 is 0 Å². The second kappa shape index (κ2) is 7.40. The number of rotatable bonds is 4. The molecule has 1 aromatic heterocycles. The minimum Gasteiger partial charge on any atom is -0.354 e. The molecule has 26 heavy (non-hydrogen) atoms. The summed E-state index contributed by atoms with van der Waals surface area (Å²) in [6, 6.07) is 15.2. The molecular weight excluding hydrogens is 338 g/mol. The quantitative estimate of drug-likeness (QED) is 0.738. The van der Waals surface area contributed by atoms with E-state index in [1.807, 2.05) is 6.07 Å². The first-order valence-electron chi connectivity index (χ1n) is 7.55. The van der Waals surface area contributed by atoms with Gasteiger partial charge < -0.3 is 10.6 Å². The van der Waals surface area contributed by atoms with E-state index in [9.17, 15) is 13.6 Å². The molecule has 2 aromatic carbocycles. The molecule has 0 aliphatic heterocycles. The van der Waals surface area contributed by atoms with Gasteiger partial charge >= 0.3 is 0 Å².